The molecular formula is C12H10BrN3O3. The van der Waals surface area contributed by atoms with Crippen LogP contribution in [-0.4, -0.2) is 21.2 Å². The summed E-state index contributed by atoms with van der Waals surface area (Å²) in [5.41, 5.74) is 0.270. The number of benzene rings is 1. The minimum atomic E-state index is -0.528. The molecule has 1 heterocycles. The Balaban J connectivity index is 2.03. The molecule has 2 aromatic rings. The third-order valence-corrected chi connectivity index (χ3v) is 2.60. The second-order valence-electron chi connectivity index (χ2n) is 3.68. The second kappa shape index (κ2) is 5.57. The Hall–Kier alpha value is -2.28. The molecule has 0 bridgehead atoms. The van der Waals surface area contributed by atoms with Gasteiger partial charge in [0, 0.05) is 34.6 Å². The summed E-state index contributed by atoms with van der Waals surface area (Å²) in [5.74, 6) is 0.0965. The summed E-state index contributed by atoms with van der Waals surface area (Å²) >= 11 is 3.23. The van der Waals surface area contributed by atoms with Gasteiger partial charge in [-0.05, 0) is 28.1 Å². The van der Waals surface area contributed by atoms with Gasteiger partial charge in [-0.3, -0.25) is 5.32 Å². The number of hydrogen-bond acceptors (Lipinski definition) is 4. The molecule has 7 heteroatoms. The van der Waals surface area contributed by atoms with Gasteiger partial charge in [-0.2, -0.15) is 0 Å². The topological polar surface area (TPSA) is 94.5 Å². The summed E-state index contributed by atoms with van der Waals surface area (Å²) in [4.78, 5) is 15.6. The van der Waals surface area contributed by atoms with Crippen molar-refractivity contribution in [3.8, 4) is 11.5 Å². The predicted molar refractivity (Wildman–Crippen MR) is 74.4 cm³/mol. The van der Waals surface area contributed by atoms with Crippen molar-refractivity contribution in [2.24, 2.45) is 0 Å². The van der Waals surface area contributed by atoms with Crippen molar-refractivity contribution in [1.29, 1.82) is 0 Å². The number of amides is 2. The molecule has 0 saturated carbocycles. The van der Waals surface area contributed by atoms with E-state index in [1.165, 1.54) is 18.2 Å². The fourth-order valence-electron chi connectivity index (χ4n) is 1.40. The third-order valence-electron chi connectivity index (χ3n) is 2.13. The average molecular weight is 324 g/mol. The predicted octanol–water partition coefficient (Wildman–Crippen LogP) is 2.90. The maximum Gasteiger partial charge on any atom is 0.324 e. The Kier molecular flexibility index (Phi) is 3.86. The van der Waals surface area contributed by atoms with Gasteiger partial charge in [0.25, 0.3) is 0 Å². The Morgan fingerprint density at radius 1 is 1.11 bits per heavy atom. The van der Waals surface area contributed by atoms with Crippen molar-refractivity contribution in [2.45, 2.75) is 0 Å². The molecule has 0 radical (unpaired) electrons. The van der Waals surface area contributed by atoms with Crippen molar-refractivity contribution in [1.82, 2.24) is 4.98 Å². The fraction of sp³-hybridized carbons (Fsp3) is 0. The second-order valence-corrected chi connectivity index (χ2v) is 4.59. The average Bonchev–Trinajstić information content (AvgIpc) is 2.30. The molecule has 1 aromatic heterocycles. The van der Waals surface area contributed by atoms with Crippen LogP contribution in [-0.2, 0) is 0 Å². The van der Waals surface area contributed by atoms with E-state index in [2.05, 4.69) is 31.5 Å². The first-order valence-corrected chi connectivity index (χ1v) is 6.05. The van der Waals surface area contributed by atoms with Crippen LogP contribution in [0.5, 0.6) is 11.5 Å². The summed E-state index contributed by atoms with van der Waals surface area (Å²) in [6, 6.07) is 6.63. The van der Waals surface area contributed by atoms with E-state index >= 15 is 0 Å². The van der Waals surface area contributed by atoms with Crippen LogP contribution < -0.4 is 10.6 Å². The number of nitrogens with one attached hydrogen (secondary N) is 2. The molecule has 0 unspecified atom stereocenters. The van der Waals surface area contributed by atoms with Crippen LogP contribution >= 0.6 is 15.9 Å². The quantitative estimate of drug-likeness (QED) is 0.683. The van der Waals surface area contributed by atoms with Gasteiger partial charge >= 0.3 is 6.03 Å². The van der Waals surface area contributed by atoms with Gasteiger partial charge in [-0.25, -0.2) is 9.78 Å². The number of halogens is 1. The lowest BCUT2D eigenvalue weighted by atomic mass is 10.3. The first-order valence-electron chi connectivity index (χ1n) is 5.25. The van der Waals surface area contributed by atoms with E-state index in [9.17, 15) is 15.0 Å². The lowest BCUT2D eigenvalue weighted by molar-refractivity contribution is 0.262. The molecule has 0 aliphatic carbocycles. The lowest BCUT2D eigenvalue weighted by Crippen LogP contribution is -2.19. The van der Waals surface area contributed by atoms with Gasteiger partial charge in [0.15, 0.2) is 0 Å². The Morgan fingerprint density at radius 2 is 1.79 bits per heavy atom. The fourth-order valence-corrected chi connectivity index (χ4v) is 1.63. The van der Waals surface area contributed by atoms with Crippen LogP contribution in [0.3, 0.4) is 0 Å². The van der Waals surface area contributed by atoms with Crippen molar-refractivity contribution >= 4 is 33.5 Å². The molecular weight excluding hydrogens is 314 g/mol. The maximum atomic E-state index is 11.7. The largest absolute Gasteiger partial charge is 0.508 e. The van der Waals surface area contributed by atoms with Crippen molar-refractivity contribution < 1.29 is 15.0 Å². The smallest absolute Gasteiger partial charge is 0.324 e. The molecule has 98 valence electrons. The molecule has 0 aliphatic rings. The Bertz CT molecular complexity index is 581. The summed E-state index contributed by atoms with van der Waals surface area (Å²) < 4.78 is 0.802. The van der Waals surface area contributed by atoms with E-state index in [0.717, 1.165) is 4.47 Å². The molecule has 0 saturated heterocycles. The van der Waals surface area contributed by atoms with Crippen LogP contribution in [0.1, 0.15) is 0 Å². The SMILES string of the molecule is O=C(Nc1cc(O)cc(O)c1)Nc1ccc(Br)cn1. The van der Waals surface area contributed by atoms with Gasteiger partial charge in [-0.1, -0.05) is 0 Å². The van der Waals surface area contributed by atoms with Crippen molar-refractivity contribution in [3.63, 3.8) is 0 Å². The van der Waals surface area contributed by atoms with E-state index in [4.69, 9.17) is 0 Å². The summed E-state index contributed by atoms with van der Waals surface area (Å²) in [7, 11) is 0. The highest BCUT2D eigenvalue weighted by Gasteiger charge is 2.05. The number of phenols is 2. The summed E-state index contributed by atoms with van der Waals surface area (Å²) in [6.45, 7) is 0. The number of pyridine rings is 1. The zero-order chi connectivity index (χ0) is 13.8. The molecule has 0 spiro atoms. The monoisotopic (exact) mass is 323 g/mol. The number of hydrogen-bond donors (Lipinski definition) is 4. The molecule has 4 N–H and O–H groups in total. The van der Waals surface area contributed by atoms with Crippen molar-refractivity contribution in [3.05, 3.63) is 41.0 Å². The number of nitrogens with zero attached hydrogens (tertiary/aromatic N) is 1. The van der Waals surface area contributed by atoms with Crippen LogP contribution in [0.25, 0.3) is 0 Å². The van der Waals surface area contributed by atoms with E-state index in [1.54, 1.807) is 18.3 Å². The van der Waals surface area contributed by atoms with E-state index in [-0.39, 0.29) is 17.2 Å². The van der Waals surface area contributed by atoms with Crippen LogP contribution in [0, 0.1) is 0 Å². The molecule has 0 atom stereocenters. The van der Waals surface area contributed by atoms with Crippen LogP contribution in [0.4, 0.5) is 16.3 Å². The Morgan fingerprint density at radius 3 is 2.37 bits per heavy atom. The molecule has 2 rings (SSSR count). The summed E-state index contributed by atoms with van der Waals surface area (Å²) in [6.07, 6.45) is 1.55. The standard InChI is InChI=1S/C12H10BrN3O3/c13-7-1-2-11(14-6-7)16-12(19)15-8-3-9(17)5-10(18)4-8/h1-6,17-18H,(H2,14,15,16,19). The first-order chi connectivity index (χ1) is 9.02. The first kappa shape index (κ1) is 13.2. The number of rotatable bonds is 2. The highest BCUT2D eigenvalue weighted by molar-refractivity contribution is 9.10. The van der Waals surface area contributed by atoms with Gasteiger partial charge in [0.05, 0.1) is 0 Å². The van der Waals surface area contributed by atoms with Gasteiger partial charge in [0.2, 0.25) is 0 Å². The number of aromatic hydroxyl groups is 2. The molecule has 19 heavy (non-hydrogen) atoms. The number of phenolic OH excluding ortho intramolecular Hbond substituents is 2. The number of urea groups is 1. The van der Waals surface area contributed by atoms with E-state index in [1.807, 2.05) is 0 Å². The molecule has 0 aliphatic heterocycles. The molecule has 2 amide bonds. The zero-order valence-electron chi connectivity index (χ0n) is 9.59. The van der Waals surface area contributed by atoms with E-state index in [0.29, 0.717) is 5.82 Å². The van der Waals surface area contributed by atoms with Crippen molar-refractivity contribution in [2.75, 3.05) is 10.6 Å². The lowest BCUT2D eigenvalue weighted by Gasteiger charge is -2.07. The van der Waals surface area contributed by atoms with Crippen LogP contribution in [0.2, 0.25) is 0 Å². The zero-order valence-corrected chi connectivity index (χ0v) is 11.2. The molecule has 0 fully saturated rings. The number of carbonyl (C=O) groups excluding carboxylic acids is 1. The van der Waals surface area contributed by atoms with E-state index < -0.39 is 6.03 Å². The van der Waals surface area contributed by atoms with Crippen LogP contribution in [0.15, 0.2) is 41.0 Å². The van der Waals surface area contributed by atoms with Gasteiger partial charge in [0.1, 0.15) is 17.3 Å². The minimum Gasteiger partial charge on any atom is -0.508 e. The summed E-state index contributed by atoms with van der Waals surface area (Å²) in [5, 5.41) is 23.5. The minimum absolute atomic E-state index is 0.142. The van der Waals surface area contributed by atoms with Gasteiger partial charge < -0.3 is 15.5 Å². The maximum absolute atomic E-state index is 11.7. The third kappa shape index (κ3) is 3.85. The molecule has 1 aromatic carbocycles. The Labute approximate surface area is 117 Å². The highest BCUT2D eigenvalue weighted by Crippen LogP contribution is 2.24. The normalized spacial score (nSPS) is 9.95. The number of aromatic nitrogens is 1. The molecule has 6 nitrogen and oxygen atoms in total. The number of anilines is 2. The van der Waals surface area contributed by atoms with Gasteiger partial charge in [-0.15, -0.1) is 0 Å². The highest BCUT2D eigenvalue weighted by atomic mass is 79.9. The number of carbonyl (C=O) groups is 1.